The molecule has 2 aromatic rings. The van der Waals surface area contributed by atoms with Gasteiger partial charge in [-0.25, -0.2) is 0 Å². The van der Waals surface area contributed by atoms with Crippen molar-refractivity contribution in [3.63, 3.8) is 0 Å². The summed E-state index contributed by atoms with van der Waals surface area (Å²) in [4.78, 5) is 11.8. The molecule has 1 aromatic heterocycles. The van der Waals surface area contributed by atoms with Crippen LogP contribution in [0.3, 0.4) is 0 Å². The van der Waals surface area contributed by atoms with E-state index in [0.717, 1.165) is 5.69 Å². The van der Waals surface area contributed by atoms with E-state index < -0.39 is 0 Å². The molecule has 0 fully saturated rings. The lowest BCUT2D eigenvalue weighted by Crippen LogP contribution is -2.24. The summed E-state index contributed by atoms with van der Waals surface area (Å²) in [5.74, 6) is 0.510. The number of rotatable bonds is 5. The van der Waals surface area contributed by atoms with Crippen LogP contribution in [0.2, 0.25) is 0 Å². The van der Waals surface area contributed by atoms with Crippen molar-refractivity contribution in [2.24, 2.45) is 5.92 Å². The summed E-state index contributed by atoms with van der Waals surface area (Å²) in [6.45, 7) is 8.91. The van der Waals surface area contributed by atoms with Gasteiger partial charge in [0.15, 0.2) is 0 Å². The van der Waals surface area contributed by atoms with Crippen molar-refractivity contribution >= 4 is 5.91 Å². The maximum absolute atomic E-state index is 11.8. The van der Waals surface area contributed by atoms with Crippen LogP contribution >= 0.6 is 0 Å². The molecule has 1 heterocycles. The number of hydrogen-bond donors (Lipinski definition) is 1. The molecule has 112 valence electrons. The molecule has 1 aromatic carbocycles. The largest absolute Gasteiger partial charge is 0.352 e. The number of aromatic nitrogens is 1. The smallest absolute Gasteiger partial charge is 0.220 e. The zero-order chi connectivity index (χ0) is 15.4. The Morgan fingerprint density at radius 2 is 1.86 bits per heavy atom. The molecular formula is C18H24N2O. The van der Waals surface area contributed by atoms with E-state index in [1.807, 2.05) is 18.2 Å². The predicted molar refractivity (Wildman–Crippen MR) is 86.5 cm³/mol. The van der Waals surface area contributed by atoms with Gasteiger partial charge in [0, 0.05) is 30.0 Å². The van der Waals surface area contributed by atoms with E-state index in [2.05, 4.69) is 55.8 Å². The fourth-order valence-corrected chi connectivity index (χ4v) is 2.62. The quantitative estimate of drug-likeness (QED) is 0.891. The predicted octanol–water partition coefficient (Wildman–Crippen LogP) is 3.76. The van der Waals surface area contributed by atoms with Gasteiger partial charge >= 0.3 is 0 Å². The fraction of sp³-hybridized carbons (Fsp3) is 0.389. The Labute approximate surface area is 127 Å². The molecule has 0 aliphatic carbocycles. The van der Waals surface area contributed by atoms with Crippen LogP contribution in [-0.4, -0.2) is 10.5 Å². The average molecular weight is 284 g/mol. The van der Waals surface area contributed by atoms with Crippen molar-refractivity contribution < 1.29 is 4.79 Å². The molecule has 21 heavy (non-hydrogen) atoms. The van der Waals surface area contributed by atoms with Crippen LogP contribution in [0.15, 0.2) is 36.4 Å². The van der Waals surface area contributed by atoms with Gasteiger partial charge in [0.05, 0.1) is 0 Å². The molecule has 1 N–H and O–H groups in total. The monoisotopic (exact) mass is 284 g/mol. The van der Waals surface area contributed by atoms with Gasteiger partial charge < -0.3 is 9.88 Å². The Hall–Kier alpha value is -2.03. The van der Waals surface area contributed by atoms with Crippen LogP contribution in [0.5, 0.6) is 0 Å². The highest BCUT2D eigenvalue weighted by Crippen LogP contribution is 2.20. The molecule has 1 amide bonds. The summed E-state index contributed by atoms with van der Waals surface area (Å²) in [5, 5.41) is 3.01. The molecule has 3 nitrogen and oxygen atoms in total. The second-order valence-electron chi connectivity index (χ2n) is 5.94. The first-order chi connectivity index (χ1) is 9.99. The van der Waals surface area contributed by atoms with Gasteiger partial charge in [0.1, 0.15) is 0 Å². The zero-order valence-electron chi connectivity index (χ0n) is 13.3. The van der Waals surface area contributed by atoms with Crippen LogP contribution < -0.4 is 5.32 Å². The highest BCUT2D eigenvalue weighted by Gasteiger charge is 2.11. The molecule has 0 bridgehead atoms. The molecule has 0 radical (unpaired) electrons. The topological polar surface area (TPSA) is 34.0 Å². The number of carbonyl (C=O) groups excluding carboxylic acids is 1. The third-order valence-corrected chi connectivity index (χ3v) is 3.62. The highest BCUT2D eigenvalue weighted by molar-refractivity contribution is 5.76. The average Bonchev–Trinajstić information content (AvgIpc) is 2.71. The van der Waals surface area contributed by atoms with Crippen LogP contribution in [0.25, 0.3) is 5.69 Å². The molecular weight excluding hydrogens is 260 g/mol. The van der Waals surface area contributed by atoms with Crippen LogP contribution in [0.1, 0.15) is 37.2 Å². The molecule has 0 unspecified atom stereocenters. The van der Waals surface area contributed by atoms with E-state index in [9.17, 15) is 4.79 Å². The maximum Gasteiger partial charge on any atom is 0.220 e. The van der Waals surface area contributed by atoms with Crippen LogP contribution in [0, 0.1) is 19.8 Å². The minimum absolute atomic E-state index is 0.120. The third kappa shape index (κ3) is 3.75. The lowest BCUT2D eigenvalue weighted by molar-refractivity contribution is -0.121. The van der Waals surface area contributed by atoms with Gasteiger partial charge in [0.2, 0.25) is 5.91 Å². The number of nitrogens with zero attached hydrogens (tertiary/aromatic N) is 1. The van der Waals surface area contributed by atoms with E-state index in [1.54, 1.807) is 0 Å². The van der Waals surface area contributed by atoms with E-state index >= 15 is 0 Å². The Balaban J connectivity index is 2.15. The minimum Gasteiger partial charge on any atom is -0.352 e. The lowest BCUT2D eigenvalue weighted by atomic mass is 10.1. The van der Waals surface area contributed by atoms with Crippen LogP contribution in [0.4, 0.5) is 0 Å². The molecule has 0 saturated heterocycles. The van der Waals surface area contributed by atoms with Gasteiger partial charge in [-0.3, -0.25) is 4.79 Å². The molecule has 2 rings (SSSR count). The Kier molecular flexibility index (Phi) is 4.84. The van der Waals surface area contributed by atoms with Crippen molar-refractivity contribution in [1.29, 1.82) is 0 Å². The summed E-state index contributed by atoms with van der Waals surface area (Å²) in [6, 6.07) is 12.4. The number of nitrogens with one attached hydrogen (secondary N) is 1. The zero-order valence-corrected chi connectivity index (χ0v) is 13.3. The highest BCUT2D eigenvalue weighted by atomic mass is 16.1. The SMILES string of the molecule is Cc1cc(CNC(=O)CC(C)C)c(C)n1-c1ccccc1. The number of benzene rings is 1. The standard InChI is InChI=1S/C18H24N2O/c1-13(2)10-18(21)19-12-16-11-14(3)20(15(16)4)17-8-6-5-7-9-17/h5-9,11,13H,10,12H2,1-4H3,(H,19,21). The van der Waals surface area contributed by atoms with Gasteiger partial charge in [-0.15, -0.1) is 0 Å². The third-order valence-electron chi connectivity index (χ3n) is 3.62. The van der Waals surface area contributed by atoms with E-state index in [4.69, 9.17) is 0 Å². The second kappa shape index (κ2) is 6.61. The lowest BCUT2D eigenvalue weighted by Gasteiger charge is -2.10. The summed E-state index contributed by atoms with van der Waals surface area (Å²) < 4.78 is 2.23. The van der Waals surface area contributed by atoms with Gasteiger partial charge in [-0.2, -0.15) is 0 Å². The first-order valence-corrected chi connectivity index (χ1v) is 7.49. The summed E-state index contributed by atoms with van der Waals surface area (Å²) in [5.41, 5.74) is 4.70. The first kappa shape index (κ1) is 15.4. The summed E-state index contributed by atoms with van der Waals surface area (Å²) in [6.07, 6.45) is 0.581. The second-order valence-corrected chi connectivity index (χ2v) is 5.94. The number of hydrogen-bond acceptors (Lipinski definition) is 1. The number of aryl methyl sites for hydroxylation is 1. The van der Waals surface area contributed by atoms with Crippen LogP contribution in [-0.2, 0) is 11.3 Å². The molecule has 0 spiro atoms. The first-order valence-electron chi connectivity index (χ1n) is 7.49. The summed E-state index contributed by atoms with van der Waals surface area (Å²) >= 11 is 0. The number of carbonyl (C=O) groups is 1. The Bertz CT molecular complexity index is 612. The van der Waals surface area contributed by atoms with Crippen molar-refractivity contribution in [1.82, 2.24) is 9.88 Å². The molecule has 0 aliphatic rings. The maximum atomic E-state index is 11.8. The Morgan fingerprint density at radius 3 is 2.48 bits per heavy atom. The van der Waals surface area contributed by atoms with Crippen molar-refractivity contribution in [2.75, 3.05) is 0 Å². The van der Waals surface area contributed by atoms with Crippen molar-refractivity contribution in [3.8, 4) is 5.69 Å². The fourth-order valence-electron chi connectivity index (χ4n) is 2.62. The van der Waals surface area contributed by atoms with Crippen molar-refractivity contribution in [3.05, 3.63) is 53.3 Å². The van der Waals surface area contributed by atoms with Gasteiger partial charge in [-0.05, 0) is 43.5 Å². The van der Waals surface area contributed by atoms with Gasteiger partial charge in [-0.1, -0.05) is 32.0 Å². The summed E-state index contributed by atoms with van der Waals surface area (Å²) in [7, 11) is 0. The van der Waals surface area contributed by atoms with Crippen molar-refractivity contribution in [2.45, 2.75) is 40.7 Å². The van der Waals surface area contributed by atoms with Gasteiger partial charge in [0.25, 0.3) is 0 Å². The molecule has 3 heteroatoms. The number of para-hydroxylation sites is 1. The molecule has 0 atom stereocenters. The van der Waals surface area contributed by atoms with E-state index in [-0.39, 0.29) is 5.91 Å². The Morgan fingerprint density at radius 1 is 1.19 bits per heavy atom. The molecule has 0 aliphatic heterocycles. The number of amides is 1. The minimum atomic E-state index is 0.120. The molecule has 0 saturated carbocycles. The van der Waals surface area contributed by atoms with E-state index in [0.29, 0.717) is 18.9 Å². The van der Waals surface area contributed by atoms with E-state index in [1.165, 1.54) is 17.0 Å². The normalized spacial score (nSPS) is 10.9.